The van der Waals surface area contributed by atoms with Crippen LogP contribution >= 0.6 is 0 Å². The Kier molecular flexibility index (Phi) is 4.14. The molecule has 0 bridgehead atoms. The Bertz CT molecular complexity index is 620. The Hall–Kier alpha value is -2.63. The van der Waals surface area contributed by atoms with Gasteiger partial charge in [0.1, 0.15) is 11.6 Å². The summed E-state index contributed by atoms with van der Waals surface area (Å²) in [4.78, 5) is 22.7. The third kappa shape index (κ3) is 3.23. The Morgan fingerprint density at radius 2 is 1.85 bits per heavy atom. The van der Waals surface area contributed by atoms with Crippen molar-refractivity contribution >= 4 is 11.8 Å². The average Bonchev–Trinajstić information content (AvgIpc) is 2.95. The van der Waals surface area contributed by atoms with Gasteiger partial charge in [-0.15, -0.1) is 0 Å². The normalized spacial score (nSPS) is 10.1. The fourth-order valence-corrected chi connectivity index (χ4v) is 1.57. The van der Waals surface area contributed by atoms with Crippen molar-refractivity contribution in [3.63, 3.8) is 0 Å². The molecule has 0 spiro atoms. The first-order valence-electron chi connectivity index (χ1n) is 5.94. The molecule has 2 amide bonds. The second-order valence-electron chi connectivity index (χ2n) is 4.03. The zero-order chi connectivity index (χ0) is 14.5. The Balaban J connectivity index is 2.06. The maximum atomic E-state index is 12.8. The van der Waals surface area contributed by atoms with Crippen molar-refractivity contribution in [2.24, 2.45) is 0 Å². The van der Waals surface area contributed by atoms with Gasteiger partial charge in [0.15, 0.2) is 5.76 Å². The van der Waals surface area contributed by atoms with Gasteiger partial charge in [-0.1, -0.05) is 0 Å². The predicted octanol–water partition coefficient (Wildman–Crippen LogP) is 1.56. The van der Waals surface area contributed by atoms with Gasteiger partial charge >= 0.3 is 0 Å². The van der Waals surface area contributed by atoms with E-state index in [1.54, 1.807) is 18.2 Å². The fourth-order valence-electron chi connectivity index (χ4n) is 1.57. The number of furan rings is 1. The number of nitrogens with one attached hydrogen (secondary N) is 2. The molecule has 0 aliphatic rings. The highest BCUT2D eigenvalue weighted by Gasteiger charge is 2.12. The van der Waals surface area contributed by atoms with Gasteiger partial charge < -0.3 is 15.1 Å². The van der Waals surface area contributed by atoms with Crippen LogP contribution in [0.1, 0.15) is 10.6 Å². The Morgan fingerprint density at radius 1 is 1.15 bits per heavy atom. The van der Waals surface area contributed by atoms with E-state index in [1.165, 1.54) is 25.2 Å². The predicted molar refractivity (Wildman–Crippen MR) is 70.5 cm³/mol. The molecule has 1 heterocycles. The summed E-state index contributed by atoms with van der Waals surface area (Å²) in [7, 11) is 1.48. The molecule has 0 saturated heterocycles. The summed E-state index contributed by atoms with van der Waals surface area (Å²) in [6.07, 6.45) is 0. The van der Waals surface area contributed by atoms with E-state index in [4.69, 9.17) is 4.42 Å². The largest absolute Gasteiger partial charge is 0.451 e. The molecule has 6 heteroatoms. The van der Waals surface area contributed by atoms with Gasteiger partial charge in [-0.05, 0) is 36.4 Å². The zero-order valence-corrected chi connectivity index (χ0v) is 10.8. The van der Waals surface area contributed by atoms with Crippen molar-refractivity contribution in [2.75, 3.05) is 13.6 Å². The molecule has 0 aliphatic heterocycles. The molecular formula is C14H13FN2O3. The number of halogens is 1. The molecule has 0 aliphatic carbocycles. The smallest absolute Gasteiger partial charge is 0.287 e. The first-order valence-corrected chi connectivity index (χ1v) is 5.94. The summed E-state index contributed by atoms with van der Waals surface area (Å²) in [6.45, 7) is -0.123. The lowest BCUT2D eigenvalue weighted by Crippen LogP contribution is -2.34. The van der Waals surface area contributed by atoms with E-state index in [1.807, 2.05) is 0 Å². The molecular weight excluding hydrogens is 263 g/mol. The summed E-state index contributed by atoms with van der Waals surface area (Å²) in [5, 5.41) is 4.81. The van der Waals surface area contributed by atoms with Gasteiger partial charge in [0, 0.05) is 12.6 Å². The van der Waals surface area contributed by atoms with E-state index < -0.39 is 5.91 Å². The molecule has 0 atom stereocenters. The summed E-state index contributed by atoms with van der Waals surface area (Å²) in [6, 6.07) is 8.84. The highest BCUT2D eigenvalue weighted by Crippen LogP contribution is 2.22. The lowest BCUT2D eigenvalue weighted by molar-refractivity contribution is -0.119. The third-order valence-electron chi connectivity index (χ3n) is 2.65. The van der Waals surface area contributed by atoms with E-state index in [2.05, 4.69) is 10.6 Å². The summed E-state index contributed by atoms with van der Waals surface area (Å²) >= 11 is 0. The molecule has 0 radical (unpaired) electrons. The van der Waals surface area contributed by atoms with Gasteiger partial charge in [0.05, 0.1) is 6.54 Å². The van der Waals surface area contributed by atoms with Crippen LogP contribution in [0.2, 0.25) is 0 Å². The van der Waals surface area contributed by atoms with Crippen molar-refractivity contribution in [1.82, 2.24) is 10.6 Å². The second kappa shape index (κ2) is 6.01. The lowest BCUT2D eigenvalue weighted by atomic mass is 10.2. The number of carbonyl (C=O) groups is 2. The van der Waals surface area contributed by atoms with Crippen LogP contribution in [0.5, 0.6) is 0 Å². The number of hydrogen-bond donors (Lipinski definition) is 2. The van der Waals surface area contributed by atoms with Crippen molar-refractivity contribution < 1.29 is 18.4 Å². The maximum absolute atomic E-state index is 12.8. The van der Waals surface area contributed by atoms with Gasteiger partial charge in [-0.3, -0.25) is 9.59 Å². The summed E-state index contributed by atoms with van der Waals surface area (Å²) in [5.41, 5.74) is 0.664. The average molecular weight is 276 g/mol. The minimum Gasteiger partial charge on any atom is -0.451 e. The molecule has 2 rings (SSSR count). The first-order chi connectivity index (χ1) is 9.60. The molecule has 1 aromatic carbocycles. The van der Waals surface area contributed by atoms with E-state index in [0.717, 1.165) is 0 Å². The third-order valence-corrected chi connectivity index (χ3v) is 2.65. The minimum atomic E-state index is -0.484. The lowest BCUT2D eigenvalue weighted by Gasteiger charge is -2.01. The zero-order valence-electron chi connectivity index (χ0n) is 10.8. The number of carbonyl (C=O) groups excluding carboxylic acids is 2. The molecule has 1 aromatic heterocycles. The van der Waals surface area contributed by atoms with E-state index in [9.17, 15) is 14.0 Å². The monoisotopic (exact) mass is 276 g/mol. The van der Waals surface area contributed by atoms with Gasteiger partial charge in [0.25, 0.3) is 5.91 Å². The molecule has 2 N–H and O–H groups in total. The topological polar surface area (TPSA) is 71.3 Å². The highest BCUT2D eigenvalue weighted by atomic mass is 19.1. The first kappa shape index (κ1) is 13.8. The standard InChI is InChI=1S/C14H13FN2O3/c1-16-13(18)8-17-14(19)12-7-6-11(20-12)9-2-4-10(15)5-3-9/h2-7H,8H2,1H3,(H,16,18)(H,17,19). The van der Waals surface area contributed by atoms with Crippen LogP contribution in [-0.2, 0) is 4.79 Å². The van der Waals surface area contributed by atoms with Crippen LogP contribution in [0.15, 0.2) is 40.8 Å². The molecule has 0 saturated carbocycles. The minimum absolute atomic E-state index is 0.0910. The molecule has 20 heavy (non-hydrogen) atoms. The van der Waals surface area contributed by atoms with Crippen LogP contribution in [0.25, 0.3) is 11.3 Å². The van der Waals surface area contributed by atoms with Gasteiger partial charge in [0.2, 0.25) is 5.91 Å². The number of benzene rings is 1. The van der Waals surface area contributed by atoms with Crippen molar-refractivity contribution in [3.05, 3.63) is 48.0 Å². The van der Waals surface area contributed by atoms with Crippen LogP contribution in [-0.4, -0.2) is 25.4 Å². The number of amides is 2. The Labute approximate surface area is 114 Å². The maximum Gasteiger partial charge on any atom is 0.287 e. The Morgan fingerprint density at radius 3 is 2.50 bits per heavy atom. The fraction of sp³-hybridized carbons (Fsp3) is 0.143. The van der Waals surface area contributed by atoms with Crippen LogP contribution < -0.4 is 10.6 Å². The van der Waals surface area contributed by atoms with E-state index in [0.29, 0.717) is 11.3 Å². The van der Waals surface area contributed by atoms with Crippen molar-refractivity contribution in [2.45, 2.75) is 0 Å². The van der Waals surface area contributed by atoms with E-state index in [-0.39, 0.29) is 24.0 Å². The molecule has 0 fully saturated rings. The molecule has 104 valence electrons. The molecule has 5 nitrogen and oxygen atoms in total. The van der Waals surface area contributed by atoms with Crippen LogP contribution in [0.4, 0.5) is 4.39 Å². The summed E-state index contributed by atoms with van der Waals surface area (Å²) in [5.74, 6) is -0.585. The number of rotatable bonds is 4. The van der Waals surface area contributed by atoms with Crippen molar-refractivity contribution in [1.29, 1.82) is 0 Å². The summed E-state index contributed by atoms with van der Waals surface area (Å²) < 4.78 is 18.2. The molecule has 2 aromatic rings. The second-order valence-corrected chi connectivity index (χ2v) is 4.03. The number of hydrogen-bond acceptors (Lipinski definition) is 3. The highest BCUT2D eigenvalue weighted by molar-refractivity contribution is 5.94. The van der Waals surface area contributed by atoms with Crippen LogP contribution in [0.3, 0.4) is 0 Å². The quantitative estimate of drug-likeness (QED) is 0.890. The van der Waals surface area contributed by atoms with Crippen LogP contribution in [0, 0.1) is 5.82 Å². The SMILES string of the molecule is CNC(=O)CNC(=O)c1ccc(-c2ccc(F)cc2)o1. The van der Waals surface area contributed by atoms with E-state index >= 15 is 0 Å². The van der Waals surface area contributed by atoms with Gasteiger partial charge in [-0.2, -0.15) is 0 Å². The van der Waals surface area contributed by atoms with Crippen molar-refractivity contribution in [3.8, 4) is 11.3 Å². The molecule has 0 unspecified atom stereocenters. The van der Waals surface area contributed by atoms with Gasteiger partial charge in [-0.25, -0.2) is 4.39 Å². The number of likely N-dealkylation sites (N-methyl/N-ethyl adjacent to an activating group) is 1.